The number of aliphatic hydroxyl groups is 1. The molecule has 0 bridgehead atoms. The van der Waals surface area contributed by atoms with Crippen LogP contribution in [0.4, 0.5) is 0 Å². The molecule has 0 aliphatic carbocycles. The number of thiophene rings is 1. The Balaban J connectivity index is 1.46. The van der Waals surface area contributed by atoms with Gasteiger partial charge in [-0.25, -0.2) is 4.79 Å². The maximum absolute atomic E-state index is 12.3. The Morgan fingerprint density at radius 3 is 2.71 bits per heavy atom. The lowest BCUT2D eigenvalue weighted by Gasteiger charge is -2.23. The second kappa shape index (κ2) is 11.3. The van der Waals surface area contributed by atoms with Crippen molar-refractivity contribution < 1.29 is 19.8 Å². The Morgan fingerprint density at radius 1 is 1.23 bits per heavy atom. The van der Waals surface area contributed by atoms with Crippen molar-refractivity contribution in [2.24, 2.45) is 5.92 Å². The van der Waals surface area contributed by atoms with Crippen molar-refractivity contribution in [2.45, 2.75) is 57.6 Å². The summed E-state index contributed by atoms with van der Waals surface area (Å²) in [5.74, 6) is -0.601. The van der Waals surface area contributed by atoms with Crippen LogP contribution in [-0.4, -0.2) is 45.7 Å². The molecule has 166 valence electrons. The van der Waals surface area contributed by atoms with Crippen molar-refractivity contribution >= 4 is 23.2 Å². The van der Waals surface area contributed by atoms with Gasteiger partial charge in [-0.2, -0.15) is 0 Å². The first-order valence-electron chi connectivity index (χ1n) is 11.0. The van der Waals surface area contributed by atoms with Crippen LogP contribution in [0.1, 0.15) is 52.7 Å². The molecular formula is C25H31NO4S. The Kier molecular flexibility index (Phi) is 8.43. The van der Waals surface area contributed by atoms with Crippen molar-refractivity contribution in [3.63, 3.8) is 0 Å². The maximum atomic E-state index is 12.3. The number of benzene rings is 1. The van der Waals surface area contributed by atoms with Crippen molar-refractivity contribution in [3.8, 4) is 0 Å². The number of carboxylic acid groups (broad SMARTS) is 1. The number of aryl methyl sites for hydroxylation is 2. The Hall–Kier alpha value is -2.44. The highest BCUT2D eigenvalue weighted by atomic mass is 32.1. The van der Waals surface area contributed by atoms with E-state index in [1.807, 2.05) is 41.3 Å². The largest absolute Gasteiger partial charge is 0.477 e. The average Bonchev–Trinajstić information content (AvgIpc) is 3.38. The van der Waals surface area contributed by atoms with E-state index >= 15 is 0 Å². The van der Waals surface area contributed by atoms with E-state index in [4.69, 9.17) is 5.11 Å². The molecule has 0 spiro atoms. The minimum absolute atomic E-state index is 0.0291. The molecule has 1 aromatic heterocycles. The van der Waals surface area contributed by atoms with Gasteiger partial charge < -0.3 is 15.1 Å². The number of nitrogens with zero attached hydrogens (tertiary/aromatic N) is 1. The summed E-state index contributed by atoms with van der Waals surface area (Å²) in [5.41, 5.74) is 1.28. The standard InChI is InChI=1S/C25H31NO4S/c1-18(9-10-19-6-3-2-4-7-19)22(27)14-11-20-12-16-24(28)26(20)17-5-8-21-13-15-23(31-21)25(29)30/h2-4,6-7,11,13-15,18,20,22,27H,5,8-10,12,16-17H2,1H3,(H,29,30)/t18-,20?,22+/m1/s1. The van der Waals surface area contributed by atoms with E-state index in [1.165, 1.54) is 16.9 Å². The third-order valence-corrected chi connectivity index (χ3v) is 7.05. The van der Waals surface area contributed by atoms with Gasteiger partial charge in [-0.05, 0) is 55.7 Å². The van der Waals surface area contributed by atoms with E-state index in [-0.39, 0.29) is 17.9 Å². The zero-order valence-corrected chi connectivity index (χ0v) is 18.8. The fraction of sp³-hybridized carbons (Fsp3) is 0.440. The monoisotopic (exact) mass is 441 g/mol. The molecule has 0 radical (unpaired) electrons. The summed E-state index contributed by atoms with van der Waals surface area (Å²) in [6.45, 7) is 2.70. The number of carboxylic acids is 1. The van der Waals surface area contributed by atoms with E-state index in [0.29, 0.717) is 17.8 Å². The lowest BCUT2D eigenvalue weighted by atomic mass is 9.95. The second-order valence-corrected chi connectivity index (χ2v) is 9.41. The van der Waals surface area contributed by atoms with Crippen LogP contribution in [0.2, 0.25) is 0 Å². The van der Waals surface area contributed by atoms with Gasteiger partial charge in [0.1, 0.15) is 4.88 Å². The first kappa shape index (κ1) is 23.2. The molecule has 2 N–H and O–H groups in total. The molecule has 1 aromatic carbocycles. The topological polar surface area (TPSA) is 77.8 Å². The van der Waals surface area contributed by atoms with Gasteiger partial charge in [0.2, 0.25) is 5.91 Å². The molecule has 1 aliphatic rings. The third-order valence-electron chi connectivity index (χ3n) is 5.91. The van der Waals surface area contributed by atoms with Crippen LogP contribution >= 0.6 is 11.3 Å². The second-order valence-electron chi connectivity index (χ2n) is 8.24. The van der Waals surface area contributed by atoms with Gasteiger partial charge in [0.05, 0.1) is 12.1 Å². The van der Waals surface area contributed by atoms with Crippen LogP contribution in [0, 0.1) is 5.92 Å². The predicted molar refractivity (Wildman–Crippen MR) is 123 cm³/mol. The Bertz CT molecular complexity index is 892. The van der Waals surface area contributed by atoms with E-state index in [9.17, 15) is 14.7 Å². The van der Waals surface area contributed by atoms with E-state index in [0.717, 1.165) is 37.0 Å². The molecule has 0 saturated carbocycles. The van der Waals surface area contributed by atoms with Gasteiger partial charge in [-0.15, -0.1) is 11.3 Å². The lowest BCUT2D eigenvalue weighted by Crippen LogP contribution is -2.33. The van der Waals surface area contributed by atoms with Crippen molar-refractivity contribution in [1.29, 1.82) is 0 Å². The Morgan fingerprint density at radius 2 is 2.00 bits per heavy atom. The van der Waals surface area contributed by atoms with Crippen molar-refractivity contribution in [3.05, 3.63) is 69.9 Å². The number of rotatable bonds is 11. The first-order valence-corrected chi connectivity index (χ1v) is 11.8. The average molecular weight is 442 g/mol. The summed E-state index contributed by atoms with van der Waals surface area (Å²) < 4.78 is 0. The number of hydrogen-bond donors (Lipinski definition) is 2. The molecule has 1 saturated heterocycles. The molecule has 1 fully saturated rings. The smallest absolute Gasteiger partial charge is 0.345 e. The van der Waals surface area contributed by atoms with E-state index in [2.05, 4.69) is 19.1 Å². The number of carbonyl (C=O) groups is 2. The van der Waals surface area contributed by atoms with Gasteiger partial charge in [0.15, 0.2) is 0 Å². The van der Waals surface area contributed by atoms with Crippen LogP contribution in [0.15, 0.2) is 54.6 Å². The van der Waals surface area contributed by atoms with Crippen molar-refractivity contribution in [2.75, 3.05) is 6.54 Å². The maximum Gasteiger partial charge on any atom is 0.345 e. The summed E-state index contributed by atoms with van der Waals surface area (Å²) in [6.07, 6.45) is 8.03. The molecule has 5 nitrogen and oxygen atoms in total. The molecule has 6 heteroatoms. The summed E-state index contributed by atoms with van der Waals surface area (Å²) in [6, 6.07) is 13.8. The van der Waals surface area contributed by atoms with Gasteiger partial charge in [-0.3, -0.25) is 4.79 Å². The van der Waals surface area contributed by atoms with Gasteiger partial charge in [-0.1, -0.05) is 49.4 Å². The summed E-state index contributed by atoms with van der Waals surface area (Å²) in [5, 5.41) is 19.6. The molecular weight excluding hydrogens is 410 g/mol. The fourth-order valence-corrected chi connectivity index (χ4v) is 4.83. The van der Waals surface area contributed by atoms with Gasteiger partial charge >= 0.3 is 5.97 Å². The molecule has 1 amide bonds. The molecule has 1 aliphatic heterocycles. The molecule has 31 heavy (non-hydrogen) atoms. The SMILES string of the molecule is C[C@H](CCc1ccccc1)[C@@H](O)C=CC1CCC(=O)N1CCCc1ccc(C(=O)O)s1. The summed E-state index contributed by atoms with van der Waals surface area (Å²) in [7, 11) is 0. The number of likely N-dealkylation sites (tertiary alicyclic amines) is 1. The minimum atomic E-state index is -0.896. The van der Waals surface area contributed by atoms with Crippen LogP contribution in [0.3, 0.4) is 0 Å². The normalized spacial score (nSPS) is 18.6. The summed E-state index contributed by atoms with van der Waals surface area (Å²) >= 11 is 1.30. The minimum Gasteiger partial charge on any atom is -0.477 e. The molecule has 2 aromatic rings. The number of amides is 1. The molecule has 1 unspecified atom stereocenters. The number of aromatic carboxylic acids is 1. The van der Waals surface area contributed by atoms with E-state index < -0.39 is 12.1 Å². The highest BCUT2D eigenvalue weighted by molar-refractivity contribution is 7.13. The Labute approximate surface area is 188 Å². The van der Waals surface area contributed by atoms with E-state index in [1.54, 1.807) is 6.07 Å². The fourth-order valence-electron chi connectivity index (χ4n) is 3.94. The van der Waals surface area contributed by atoms with Gasteiger partial charge in [0, 0.05) is 17.8 Å². The molecule has 3 atom stereocenters. The first-order chi connectivity index (χ1) is 14.9. The third kappa shape index (κ3) is 6.77. The summed E-state index contributed by atoms with van der Waals surface area (Å²) in [4.78, 5) is 26.6. The van der Waals surface area contributed by atoms with Crippen molar-refractivity contribution in [1.82, 2.24) is 4.90 Å². The lowest BCUT2D eigenvalue weighted by molar-refractivity contribution is -0.128. The van der Waals surface area contributed by atoms with Gasteiger partial charge in [0.25, 0.3) is 0 Å². The zero-order chi connectivity index (χ0) is 22.2. The highest BCUT2D eigenvalue weighted by Gasteiger charge is 2.28. The number of aliphatic hydroxyl groups excluding tert-OH is 1. The molecule has 2 heterocycles. The van der Waals surface area contributed by atoms with Crippen LogP contribution in [0.5, 0.6) is 0 Å². The van der Waals surface area contributed by atoms with Crippen LogP contribution in [0.25, 0.3) is 0 Å². The molecule has 3 rings (SSSR count). The quantitative estimate of drug-likeness (QED) is 0.501. The highest BCUT2D eigenvalue weighted by Crippen LogP contribution is 2.23. The number of hydrogen-bond acceptors (Lipinski definition) is 4. The van der Waals surface area contributed by atoms with Crippen LogP contribution < -0.4 is 0 Å². The predicted octanol–water partition coefficient (Wildman–Crippen LogP) is 4.56. The zero-order valence-electron chi connectivity index (χ0n) is 17.9. The van der Waals surface area contributed by atoms with Crippen LogP contribution in [-0.2, 0) is 17.6 Å². The number of carbonyl (C=O) groups excluding carboxylic acids is 1.